The molecule has 0 saturated carbocycles. The lowest BCUT2D eigenvalue weighted by molar-refractivity contribution is -0.116. The van der Waals surface area contributed by atoms with Crippen molar-refractivity contribution in [1.29, 1.82) is 0 Å². The Morgan fingerprint density at radius 3 is 2.50 bits per heavy atom. The standard InChI is InChI=1S/C12H15Cl2NO/c1-4-10-11(15(7-13)9(3)16)6-5-8(2)12(10)14/h5-6H,4,7H2,1-3H3. The van der Waals surface area contributed by atoms with E-state index in [0.717, 1.165) is 28.3 Å². The summed E-state index contributed by atoms with van der Waals surface area (Å²) in [6.07, 6.45) is 0.774. The molecule has 0 atom stereocenters. The second-order valence-corrected chi connectivity index (χ2v) is 4.23. The third kappa shape index (κ3) is 2.50. The summed E-state index contributed by atoms with van der Waals surface area (Å²) >= 11 is 12.0. The molecule has 16 heavy (non-hydrogen) atoms. The van der Waals surface area contributed by atoms with E-state index in [1.165, 1.54) is 11.8 Å². The average molecular weight is 260 g/mol. The molecule has 0 bridgehead atoms. The van der Waals surface area contributed by atoms with Crippen molar-refractivity contribution in [2.24, 2.45) is 0 Å². The van der Waals surface area contributed by atoms with Crippen molar-refractivity contribution in [3.63, 3.8) is 0 Å². The van der Waals surface area contributed by atoms with Gasteiger partial charge >= 0.3 is 0 Å². The summed E-state index contributed by atoms with van der Waals surface area (Å²) in [5.41, 5.74) is 2.79. The SMILES string of the molecule is CCc1c(N(CCl)C(C)=O)ccc(C)c1Cl. The molecule has 0 heterocycles. The van der Waals surface area contributed by atoms with Gasteiger partial charge < -0.3 is 0 Å². The largest absolute Gasteiger partial charge is 0.298 e. The summed E-state index contributed by atoms with van der Waals surface area (Å²) in [5.74, 6) is -0.0791. The summed E-state index contributed by atoms with van der Waals surface area (Å²) in [4.78, 5) is 13.0. The van der Waals surface area contributed by atoms with Crippen LogP contribution in [0.2, 0.25) is 5.02 Å². The van der Waals surface area contributed by atoms with Gasteiger partial charge in [-0.1, -0.05) is 24.6 Å². The van der Waals surface area contributed by atoms with Crippen molar-refractivity contribution < 1.29 is 4.79 Å². The second-order valence-electron chi connectivity index (χ2n) is 3.61. The third-order valence-corrected chi connectivity index (χ3v) is 3.32. The number of aryl methyl sites for hydroxylation is 1. The first-order chi connectivity index (χ1) is 7.52. The molecule has 0 unspecified atom stereocenters. The van der Waals surface area contributed by atoms with Gasteiger partial charge in [0.05, 0.1) is 0 Å². The highest BCUT2D eigenvalue weighted by Gasteiger charge is 2.16. The predicted octanol–water partition coefficient (Wildman–Crippen LogP) is 3.76. The molecule has 0 spiro atoms. The highest BCUT2D eigenvalue weighted by atomic mass is 35.5. The summed E-state index contributed by atoms with van der Waals surface area (Å²) in [6.45, 7) is 5.45. The van der Waals surface area contributed by atoms with Crippen LogP contribution in [0.1, 0.15) is 25.0 Å². The van der Waals surface area contributed by atoms with Gasteiger partial charge in [-0.3, -0.25) is 9.69 Å². The molecule has 1 rings (SSSR count). The lowest BCUT2D eigenvalue weighted by atomic mass is 10.1. The van der Waals surface area contributed by atoms with Crippen LogP contribution in [0.3, 0.4) is 0 Å². The maximum atomic E-state index is 11.4. The molecule has 0 aliphatic rings. The van der Waals surface area contributed by atoms with Crippen LogP contribution >= 0.6 is 23.2 Å². The number of alkyl halides is 1. The fraction of sp³-hybridized carbons (Fsp3) is 0.417. The molecule has 1 aromatic carbocycles. The summed E-state index contributed by atoms with van der Waals surface area (Å²) in [7, 11) is 0. The van der Waals surface area contributed by atoms with E-state index in [9.17, 15) is 4.79 Å². The van der Waals surface area contributed by atoms with Gasteiger partial charge in [0, 0.05) is 17.6 Å². The number of nitrogens with zero attached hydrogens (tertiary/aromatic N) is 1. The molecule has 1 amide bonds. The molecule has 0 aliphatic carbocycles. The van der Waals surface area contributed by atoms with E-state index in [1.807, 2.05) is 26.0 Å². The van der Waals surface area contributed by atoms with Crippen LogP contribution in [0.5, 0.6) is 0 Å². The predicted molar refractivity (Wildman–Crippen MR) is 69.4 cm³/mol. The molecule has 88 valence electrons. The molecular weight excluding hydrogens is 245 g/mol. The van der Waals surface area contributed by atoms with Crippen molar-refractivity contribution in [2.75, 3.05) is 10.9 Å². The van der Waals surface area contributed by atoms with E-state index in [2.05, 4.69) is 0 Å². The highest BCUT2D eigenvalue weighted by molar-refractivity contribution is 6.32. The van der Waals surface area contributed by atoms with Crippen LogP contribution in [0.15, 0.2) is 12.1 Å². The molecule has 2 nitrogen and oxygen atoms in total. The van der Waals surface area contributed by atoms with Crippen LogP contribution in [-0.2, 0) is 11.2 Å². The van der Waals surface area contributed by atoms with Gasteiger partial charge in [0.2, 0.25) is 5.91 Å². The topological polar surface area (TPSA) is 20.3 Å². The van der Waals surface area contributed by atoms with E-state index < -0.39 is 0 Å². The first-order valence-corrected chi connectivity index (χ1v) is 6.06. The van der Waals surface area contributed by atoms with Crippen molar-refractivity contribution in [1.82, 2.24) is 0 Å². The smallest absolute Gasteiger partial charge is 0.224 e. The molecule has 0 N–H and O–H groups in total. The van der Waals surface area contributed by atoms with Gasteiger partial charge in [-0.15, -0.1) is 11.6 Å². The van der Waals surface area contributed by atoms with Gasteiger partial charge in [0.15, 0.2) is 0 Å². The number of hydrogen-bond donors (Lipinski definition) is 0. The number of anilines is 1. The van der Waals surface area contributed by atoms with Crippen molar-refractivity contribution in [3.05, 3.63) is 28.3 Å². The number of hydrogen-bond acceptors (Lipinski definition) is 1. The zero-order chi connectivity index (χ0) is 12.3. The average Bonchev–Trinajstić information content (AvgIpc) is 2.24. The van der Waals surface area contributed by atoms with E-state index in [0.29, 0.717) is 0 Å². The number of amides is 1. The molecule has 1 aromatic rings. The van der Waals surface area contributed by atoms with Crippen molar-refractivity contribution in [3.8, 4) is 0 Å². The Hall–Kier alpha value is -0.730. The normalized spacial score (nSPS) is 10.3. The second kappa shape index (κ2) is 5.55. The first-order valence-electron chi connectivity index (χ1n) is 5.15. The van der Waals surface area contributed by atoms with Gasteiger partial charge in [-0.2, -0.15) is 0 Å². The molecule has 0 radical (unpaired) electrons. The summed E-state index contributed by atoms with van der Waals surface area (Å²) in [6, 6.07) is 3.94. The zero-order valence-electron chi connectivity index (χ0n) is 9.68. The minimum Gasteiger partial charge on any atom is -0.298 e. The number of benzene rings is 1. The van der Waals surface area contributed by atoms with Crippen LogP contribution in [0.4, 0.5) is 5.69 Å². The zero-order valence-corrected chi connectivity index (χ0v) is 11.2. The molecular formula is C12H15Cl2NO. The molecule has 0 aliphatic heterocycles. The van der Waals surface area contributed by atoms with E-state index in [1.54, 1.807) is 0 Å². The maximum absolute atomic E-state index is 11.4. The Bertz CT molecular complexity index is 404. The first kappa shape index (κ1) is 13.3. The highest BCUT2D eigenvalue weighted by Crippen LogP contribution is 2.31. The molecule has 0 saturated heterocycles. The Balaban J connectivity index is 3.32. The fourth-order valence-electron chi connectivity index (χ4n) is 1.64. The monoisotopic (exact) mass is 259 g/mol. The quantitative estimate of drug-likeness (QED) is 0.598. The Morgan fingerprint density at radius 1 is 1.44 bits per heavy atom. The Labute approximate surface area is 106 Å². The minimum absolute atomic E-state index is 0.0791. The van der Waals surface area contributed by atoms with Gasteiger partial charge in [-0.05, 0) is 30.5 Å². The van der Waals surface area contributed by atoms with Crippen LogP contribution < -0.4 is 4.90 Å². The van der Waals surface area contributed by atoms with Crippen molar-refractivity contribution in [2.45, 2.75) is 27.2 Å². The van der Waals surface area contributed by atoms with Crippen molar-refractivity contribution >= 4 is 34.8 Å². The lowest BCUT2D eigenvalue weighted by Crippen LogP contribution is -2.28. The molecule has 0 fully saturated rings. The van der Waals surface area contributed by atoms with E-state index in [4.69, 9.17) is 23.2 Å². The third-order valence-electron chi connectivity index (χ3n) is 2.56. The van der Waals surface area contributed by atoms with Gasteiger partial charge in [0.1, 0.15) is 6.00 Å². The van der Waals surface area contributed by atoms with E-state index in [-0.39, 0.29) is 11.9 Å². The van der Waals surface area contributed by atoms with Gasteiger partial charge in [-0.25, -0.2) is 0 Å². The molecule has 4 heteroatoms. The summed E-state index contributed by atoms with van der Waals surface area (Å²) in [5, 5.41) is 0.719. The minimum atomic E-state index is -0.0791. The fourth-order valence-corrected chi connectivity index (χ4v) is 2.23. The Kier molecular flexibility index (Phi) is 4.63. The van der Waals surface area contributed by atoms with Crippen LogP contribution in [0, 0.1) is 6.92 Å². The van der Waals surface area contributed by atoms with Crippen LogP contribution in [0.25, 0.3) is 0 Å². The maximum Gasteiger partial charge on any atom is 0.224 e. The molecule has 0 aromatic heterocycles. The number of rotatable bonds is 3. The Morgan fingerprint density at radius 2 is 2.06 bits per heavy atom. The number of carbonyl (C=O) groups is 1. The lowest BCUT2D eigenvalue weighted by Gasteiger charge is -2.22. The van der Waals surface area contributed by atoms with E-state index >= 15 is 0 Å². The van der Waals surface area contributed by atoms with Crippen LogP contribution in [-0.4, -0.2) is 11.9 Å². The van der Waals surface area contributed by atoms with Gasteiger partial charge in [0.25, 0.3) is 0 Å². The number of carbonyl (C=O) groups excluding carboxylic acids is 1. The number of halogens is 2. The summed E-state index contributed by atoms with van der Waals surface area (Å²) < 4.78 is 0.